The first-order chi connectivity index (χ1) is 11.3. The summed E-state index contributed by atoms with van der Waals surface area (Å²) < 4.78 is 16.5. The molecule has 0 atom stereocenters. The summed E-state index contributed by atoms with van der Waals surface area (Å²) in [5.74, 6) is 2.13. The number of hydrogen-bond donors (Lipinski definition) is 0. The Balaban J connectivity index is 1.72. The molecule has 5 nitrogen and oxygen atoms in total. The highest BCUT2D eigenvalue weighted by molar-refractivity contribution is 6.33. The molecule has 0 spiro atoms. The van der Waals surface area contributed by atoms with Crippen molar-refractivity contribution in [2.45, 2.75) is 13.5 Å². The van der Waals surface area contributed by atoms with E-state index < -0.39 is 0 Å². The van der Waals surface area contributed by atoms with E-state index in [4.69, 9.17) is 25.6 Å². The van der Waals surface area contributed by atoms with Gasteiger partial charge < -0.3 is 14.0 Å². The van der Waals surface area contributed by atoms with Crippen LogP contribution in [0.3, 0.4) is 0 Å². The maximum Gasteiger partial charge on any atom is 0.259 e. The third-order valence-corrected chi connectivity index (χ3v) is 3.41. The lowest BCUT2D eigenvalue weighted by molar-refractivity contribution is 0.258. The van der Waals surface area contributed by atoms with Crippen LogP contribution >= 0.6 is 11.6 Å². The molecule has 0 fully saturated rings. The minimum Gasteiger partial charge on any atom is -0.490 e. The van der Waals surface area contributed by atoms with Crippen molar-refractivity contribution in [1.29, 1.82) is 0 Å². The zero-order valence-electron chi connectivity index (χ0n) is 12.5. The highest BCUT2D eigenvalue weighted by Crippen LogP contribution is 2.28. The fourth-order valence-electron chi connectivity index (χ4n) is 2.04. The number of aromatic nitrogens is 2. The van der Waals surface area contributed by atoms with E-state index in [1.54, 1.807) is 6.07 Å². The molecule has 0 aliphatic carbocycles. The van der Waals surface area contributed by atoms with Crippen LogP contribution in [0.15, 0.2) is 53.1 Å². The Morgan fingerprint density at radius 2 is 1.70 bits per heavy atom. The van der Waals surface area contributed by atoms with Gasteiger partial charge in [0.05, 0.1) is 17.2 Å². The molecule has 23 heavy (non-hydrogen) atoms. The minimum absolute atomic E-state index is 0.179. The van der Waals surface area contributed by atoms with Gasteiger partial charge in [-0.2, -0.15) is 4.98 Å². The van der Waals surface area contributed by atoms with Gasteiger partial charge >= 0.3 is 0 Å². The molecule has 0 saturated heterocycles. The number of rotatable bonds is 6. The first-order valence-electron chi connectivity index (χ1n) is 7.20. The number of para-hydroxylation sites is 2. The summed E-state index contributed by atoms with van der Waals surface area (Å²) in [4.78, 5) is 4.30. The van der Waals surface area contributed by atoms with Gasteiger partial charge in [-0.3, -0.25) is 0 Å². The molecule has 1 aromatic heterocycles. The molecule has 1 heterocycles. The molecule has 0 unspecified atom stereocenters. The SMILES string of the molecule is CCOc1ccccc1OCc1noc(-c2ccccc2Cl)n1. The van der Waals surface area contributed by atoms with Crippen molar-refractivity contribution in [1.82, 2.24) is 10.1 Å². The van der Waals surface area contributed by atoms with E-state index in [9.17, 15) is 0 Å². The van der Waals surface area contributed by atoms with E-state index in [2.05, 4.69) is 10.1 Å². The first-order valence-corrected chi connectivity index (χ1v) is 7.58. The molecule has 0 aliphatic rings. The minimum atomic E-state index is 0.179. The monoisotopic (exact) mass is 330 g/mol. The average Bonchev–Trinajstić information content (AvgIpc) is 3.03. The molecular weight excluding hydrogens is 316 g/mol. The Hall–Kier alpha value is -2.53. The third-order valence-electron chi connectivity index (χ3n) is 3.08. The van der Waals surface area contributed by atoms with E-state index >= 15 is 0 Å². The highest BCUT2D eigenvalue weighted by Gasteiger charge is 2.13. The fourth-order valence-corrected chi connectivity index (χ4v) is 2.26. The zero-order chi connectivity index (χ0) is 16.1. The van der Waals surface area contributed by atoms with Gasteiger partial charge in [-0.05, 0) is 31.2 Å². The number of benzene rings is 2. The van der Waals surface area contributed by atoms with Gasteiger partial charge in [-0.25, -0.2) is 0 Å². The summed E-state index contributed by atoms with van der Waals surface area (Å²) in [6.07, 6.45) is 0. The van der Waals surface area contributed by atoms with Gasteiger partial charge in [0.25, 0.3) is 5.89 Å². The van der Waals surface area contributed by atoms with Crippen molar-refractivity contribution in [3.63, 3.8) is 0 Å². The second-order valence-electron chi connectivity index (χ2n) is 4.66. The van der Waals surface area contributed by atoms with Crippen molar-refractivity contribution in [3.8, 4) is 23.0 Å². The van der Waals surface area contributed by atoms with Crippen LogP contribution in [0.4, 0.5) is 0 Å². The molecule has 0 aliphatic heterocycles. The fraction of sp³-hybridized carbons (Fsp3) is 0.176. The Morgan fingerprint density at radius 1 is 1.00 bits per heavy atom. The van der Waals surface area contributed by atoms with Crippen LogP contribution in [0.25, 0.3) is 11.5 Å². The summed E-state index contributed by atoms with van der Waals surface area (Å²) >= 11 is 6.12. The predicted molar refractivity (Wildman–Crippen MR) is 86.7 cm³/mol. The van der Waals surface area contributed by atoms with E-state index in [1.165, 1.54) is 0 Å². The summed E-state index contributed by atoms with van der Waals surface area (Å²) in [5.41, 5.74) is 0.697. The summed E-state index contributed by atoms with van der Waals surface area (Å²) in [6.45, 7) is 2.67. The van der Waals surface area contributed by atoms with Crippen molar-refractivity contribution in [2.75, 3.05) is 6.61 Å². The maximum absolute atomic E-state index is 6.12. The van der Waals surface area contributed by atoms with Gasteiger partial charge in [-0.1, -0.05) is 41.0 Å². The van der Waals surface area contributed by atoms with Gasteiger partial charge in [0.2, 0.25) is 5.82 Å². The predicted octanol–water partition coefficient (Wildman–Crippen LogP) is 4.37. The molecule has 2 aromatic carbocycles. The van der Waals surface area contributed by atoms with Gasteiger partial charge in [-0.15, -0.1) is 0 Å². The van der Waals surface area contributed by atoms with Crippen molar-refractivity contribution in [3.05, 3.63) is 59.4 Å². The molecule has 3 rings (SSSR count). The summed E-state index contributed by atoms with van der Waals surface area (Å²) in [6, 6.07) is 14.8. The van der Waals surface area contributed by atoms with Gasteiger partial charge in [0, 0.05) is 0 Å². The second-order valence-corrected chi connectivity index (χ2v) is 5.07. The summed E-state index contributed by atoms with van der Waals surface area (Å²) in [7, 11) is 0. The topological polar surface area (TPSA) is 57.4 Å². The number of ether oxygens (including phenoxy) is 2. The molecule has 0 amide bonds. The standard InChI is InChI=1S/C17H15ClN2O3/c1-2-21-14-9-5-6-10-15(14)22-11-16-19-17(23-20-16)12-7-3-4-8-13(12)18/h3-10H,2,11H2,1H3. The molecule has 118 valence electrons. The molecular formula is C17H15ClN2O3. The average molecular weight is 331 g/mol. The van der Waals surface area contributed by atoms with Crippen molar-refractivity contribution >= 4 is 11.6 Å². The Kier molecular flexibility index (Phi) is 4.78. The van der Waals surface area contributed by atoms with E-state index in [0.29, 0.717) is 40.4 Å². The Labute approximate surface area is 138 Å². The van der Waals surface area contributed by atoms with Crippen LogP contribution < -0.4 is 9.47 Å². The van der Waals surface area contributed by atoms with Crippen LogP contribution in [0.5, 0.6) is 11.5 Å². The maximum atomic E-state index is 6.12. The number of hydrogen-bond acceptors (Lipinski definition) is 5. The molecule has 6 heteroatoms. The normalized spacial score (nSPS) is 10.5. The smallest absolute Gasteiger partial charge is 0.259 e. The Morgan fingerprint density at radius 3 is 2.43 bits per heavy atom. The van der Waals surface area contributed by atoms with E-state index in [0.717, 1.165) is 0 Å². The molecule has 0 bridgehead atoms. The van der Waals surface area contributed by atoms with Gasteiger partial charge in [0.15, 0.2) is 18.1 Å². The quantitative estimate of drug-likeness (QED) is 0.671. The van der Waals surface area contributed by atoms with Crippen LogP contribution in [0.1, 0.15) is 12.7 Å². The lowest BCUT2D eigenvalue weighted by atomic mass is 10.2. The molecule has 3 aromatic rings. The van der Waals surface area contributed by atoms with Crippen LogP contribution in [0.2, 0.25) is 5.02 Å². The number of halogens is 1. The number of nitrogens with zero attached hydrogens (tertiary/aromatic N) is 2. The van der Waals surface area contributed by atoms with E-state index in [1.807, 2.05) is 49.4 Å². The van der Waals surface area contributed by atoms with Crippen LogP contribution in [-0.2, 0) is 6.61 Å². The molecule has 0 saturated carbocycles. The lowest BCUT2D eigenvalue weighted by Crippen LogP contribution is -2.00. The highest BCUT2D eigenvalue weighted by atomic mass is 35.5. The third kappa shape index (κ3) is 3.63. The van der Waals surface area contributed by atoms with Crippen LogP contribution in [0, 0.1) is 0 Å². The lowest BCUT2D eigenvalue weighted by Gasteiger charge is -2.09. The summed E-state index contributed by atoms with van der Waals surface area (Å²) in [5, 5.41) is 4.47. The van der Waals surface area contributed by atoms with Crippen molar-refractivity contribution < 1.29 is 14.0 Å². The van der Waals surface area contributed by atoms with Gasteiger partial charge in [0.1, 0.15) is 0 Å². The molecule has 0 N–H and O–H groups in total. The van der Waals surface area contributed by atoms with Crippen LogP contribution in [-0.4, -0.2) is 16.7 Å². The largest absolute Gasteiger partial charge is 0.490 e. The van der Waals surface area contributed by atoms with Crippen molar-refractivity contribution in [2.24, 2.45) is 0 Å². The second kappa shape index (κ2) is 7.15. The Bertz CT molecular complexity index is 789. The zero-order valence-corrected chi connectivity index (χ0v) is 13.3. The molecule has 0 radical (unpaired) electrons. The van der Waals surface area contributed by atoms with E-state index in [-0.39, 0.29) is 6.61 Å². The first kappa shape index (κ1) is 15.4.